The SMILES string of the molecule is Cc1cc(C)cc(Cn2ncc(OCCN)cc2=O)c1. The Hall–Kier alpha value is -2.14. The summed E-state index contributed by atoms with van der Waals surface area (Å²) in [4.78, 5) is 12.0. The van der Waals surface area contributed by atoms with Crippen LogP contribution in [0.5, 0.6) is 5.75 Å². The predicted molar refractivity (Wildman–Crippen MR) is 78.1 cm³/mol. The largest absolute Gasteiger partial charge is 0.490 e. The molecule has 0 aliphatic carbocycles. The summed E-state index contributed by atoms with van der Waals surface area (Å²) in [5, 5.41) is 4.12. The summed E-state index contributed by atoms with van der Waals surface area (Å²) in [5.41, 5.74) is 8.58. The molecule has 0 fully saturated rings. The quantitative estimate of drug-likeness (QED) is 0.890. The molecule has 2 rings (SSSR count). The Morgan fingerprint density at radius 1 is 1.20 bits per heavy atom. The van der Waals surface area contributed by atoms with Crippen LogP contribution in [0.25, 0.3) is 0 Å². The van der Waals surface area contributed by atoms with Gasteiger partial charge in [-0.3, -0.25) is 4.79 Å². The van der Waals surface area contributed by atoms with Crippen LogP contribution in [0, 0.1) is 13.8 Å². The summed E-state index contributed by atoms with van der Waals surface area (Å²) in [7, 11) is 0. The van der Waals surface area contributed by atoms with E-state index in [2.05, 4.69) is 23.3 Å². The van der Waals surface area contributed by atoms with Gasteiger partial charge in [-0.05, 0) is 19.4 Å². The van der Waals surface area contributed by atoms with E-state index in [-0.39, 0.29) is 5.56 Å². The van der Waals surface area contributed by atoms with Gasteiger partial charge in [0.2, 0.25) is 0 Å². The zero-order valence-corrected chi connectivity index (χ0v) is 11.8. The third kappa shape index (κ3) is 3.68. The van der Waals surface area contributed by atoms with Gasteiger partial charge in [0.25, 0.3) is 5.56 Å². The van der Waals surface area contributed by atoms with Gasteiger partial charge in [0.05, 0.1) is 12.7 Å². The topological polar surface area (TPSA) is 70.1 Å². The van der Waals surface area contributed by atoms with E-state index >= 15 is 0 Å². The van der Waals surface area contributed by atoms with Gasteiger partial charge in [-0.15, -0.1) is 0 Å². The van der Waals surface area contributed by atoms with E-state index in [0.29, 0.717) is 25.4 Å². The van der Waals surface area contributed by atoms with Gasteiger partial charge in [-0.1, -0.05) is 29.3 Å². The van der Waals surface area contributed by atoms with Crippen molar-refractivity contribution in [2.24, 2.45) is 5.73 Å². The Morgan fingerprint density at radius 3 is 2.50 bits per heavy atom. The van der Waals surface area contributed by atoms with Crippen molar-refractivity contribution in [3.8, 4) is 5.75 Å². The zero-order valence-electron chi connectivity index (χ0n) is 11.8. The van der Waals surface area contributed by atoms with Gasteiger partial charge < -0.3 is 10.5 Å². The number of ether oxygens (including phenoxy) is 1. The Kier molecular flexibility index (Phi) is 4.53. The van der Waals surface area contributed by atoms with Crippen LogP contribution in [0.3, 0.4) is 0 Å². The lowest BCUT2D eigenvalue weighted by atomic mass is 10.1. The molecule has 0 bridgehead atoms. The molecule has 2 N–H and O–H groups in total. The highest BCUT2D eigenvalue weighted by Crippen LogP contribution is 2.10. The van der Waals surface area contributed by atoms with Crippen LogP contribution in [0.15, 0.2) is 35.3 Å². The number of aryl methyl sites for hydroxylation is 2. The van der Waals surface area contributed by atoms with E-state index in [9.17, 15) is 4.79 Å². The van der Waals surface area contributed by atoms with Crippen molar-refractivity contribution in [3.63, 3.8) is 0 Å². The number of nitrogens with two attached hydrogens (primary N) is 1. The minimum absolute atomic E-state index is 0.182. The Labute approximate surface area is 118 Å². The summed E-state index contributed by atoms with van der Waals surface area (Å²) < 4.78 is 6.70. The van der Waals surface area contributed by atoms with E-state index in [1.165, 1.54) is 21.9 Å². The maximum absolute atomic E-state index is 12.0. The average molecular weight is 273 g/mol. The van der Waals surface area contributed by atoms with Gasteiger partial charge >= 0.3 is 0 Å². The third-order valence-electron chi connectivity index (χ3n) is 2.84. The van der Waals surface area contributed by atoms with E-state index in [0.717, 1.165) is 5.56 Å². The van der Waals surface area contributed by atoms with Gasteiger partial charge in [-0.2, -0.15) is 5.10 Å². The second-order valence-electron chi connectivity index (χ2n) is 4.82. The molecule has 0 saturated heterocycles. The fourth-order valence-electron chi connectivity index (χ4n) is 2.12. The molecule has 5 nitrogen and oxygen atoms in total. The summed E-state index contributed by atoms with van der Waals surface area (Å²) in [6.07, 6.45) is 1.54. The highest BCUT2D eigenvalue weighted by Gasteiger charge is 2.03. The van der Waals surface area contributed by atoms with Crippen LogP contribution < -0.4 is 16.0 Å². The van der Waals surface area contributed by atoms with Crippen molar-refractivity contribution in [1.82, 2.24) is 9.78 Å². The minimum Gasteiger partial charge on any atom is -0.490 e. The second-order valence-corrected chi connectivity index (χ2v) is 4.82. The van der Waals surface area contributed by atoms with Gasteiger partial charge in [-0.25, -0.2) is 4.68 Å². The first-order valence-corrected chi connectivity index (χ1v) is 6.55. The van der Waals surface area contributed by atoms with E-state index in [4.69, 9.17) is 10.5 Å². The molecule has 0 atom stereocenters. The van der Waals surface area contributed by atoms with Crippen molar-refractivity contribution in [2.75, 3.05) is 13.2 Å². The van der Waals surface area contributed by atoms with Crippen molar-refractivity contribution in [2.45, 2.75) is 20.4 Å². The van der Waals surface area contributed by atoms with Gasteiger partial charge in [0.1, 0.15) is 12.4 Å². The average Bonchev–Trinajstić information content (AvgIpc) is 2.38. The number of aromatic nitrogens is 2. The highest BCUT2D eigenvalue weighted by atomic mass is 16.5. The molecule has 0 saturated carbocycles. The summed E-state index contributed by atoms with van der Waals surface area (Å²) in [6, 6.07) is 7.65. The normalized spacial score (nSPS) is 10.6. The smallest absolute Gasteiger partial charge is 0.270 e. The first kappa shape index (κ1) is 14.3. The van der Waals surface area contributed by atoms with Crippen LogP contribution in [0.4, 0.5) is 0 Å². The van der Waals surface area contributed by atoms with Crippen LogP contribution in [0.1, 0.15) is 16.7 Å². The van der Waals surface area contributed by atoms with Crippen molar-refractivity contribution < 1.29 is 4.74 Å². The summed E-state index contributed by atoms with van der Waals surface area (Å²) in [5.74, 6) is 0.456. The maximum atomic E-state index is 12.0. The molecule has 0 amide bonds. The van der Waals surface area contributed by atoms with Crippen LogP contribution in [-0.4, -0.2) is 22.9 Å². The molecule has 0 aliphatic heterocycles. The highest BCUT2D eigenvalue weighted by molar-refractivity contribution is 5.28. The molecule has 0 radical (unpaired) electrons. The van der Waals surface area contributed by atoms with E-state index < -0.39 is 0 Å². The lowest BCUT2D eigenvalue weighted by molar-refractivity contribution is 0.324. The fraction of sp³-hybridized carbons (Fsp3) is 0.333. The molecule has 20 heavy (non-hydrogen) atoms. The van der Waals surface area contributed by atoms with Crippen molar-refractivity contribution in [3.05, 3.63) is 57.5 Å². The lowest BCUT2D eigenvalue weighted by Gasteiger charge is -2.08. The molecule has 0 aliphatic rings. The maximum Gasteiger partial charge on any atom is 0.270 e. The van der Waals surface area contributed by atoms with E-state index in [1.807, 2.05) is 13.8 Å². The number of benzene rings is 1. The molecule has 5 heteroatoms. The molecule has 1 aromatic heterocycles. The lowest BCUT2D eigenvalue weighted by Crippen LogP contribution is -2.23. The number of hydrogen-bond acceptors (Lipinski definition) is 4. The molecular formula is C15H19N3O2. The Morgan fingerprint density at radius 2 is 1.90 bits per heavy atom. The molecule has 1 heterocycles. The van der Waals surface area contributed by atoms with Gasteiger partial charge in [0, 0.05) is 12.6 Å². The van der Waals surface area contributed by atoms with Gasteiger partial charge in [0.15, 0.2) is 0 Å². The second kappa shape index (κ2) is 6.34. The Bertz CT molecular complexity index is 630. The minimum atomic E-state index is -0.182. The van der Waals surface area contributed by atoms with Crippen LogP contribution >= 0.6 is 0 Å². The molecule has 106 valence electrons. The Balaban J connectivity index is 2.19. The summed E-state index contributed by atoms with van der Waals surface area (Å²) in [6.45, 7) is 5.32. The predicted octanol–water partition coefficient (Wildman–Crippen LogP) is 1.25. The fourth-order valence-corrected chi connectivity index (χ4v) is 2.12. The molecule has 1 aromatic carbocycles. The molecular weight excluding hydrogens is 254 g/mol. The number of rotatable bonds is 5. The molecule has 0 spiro atoms. The molecule has 0 unspecified atom stereocenters. The number of nitrogens with zero attached hydrogens (tertiary/aromatic N) is 2. The van der Waals surface area contributed by atoms with Crippen molar-refractivity contribution >= 4 is 0 Å². The van der Waals surface area contributed by atoms with Crippen LogP contribution in [0.2, 0.25) is 0 Å². The van der Waals surface area contributed by atoms with Crippen molar-refractivity contribution in [1.29, 1.82) is 0 Å². The first-order chi connectivity index (χ1) is 9.58. The number of hydrogen-bond donors (Lipinski definition) is 1. The third-order valence-corrected chi connectivity index (χ3v) is 2.84. The standard InChI is InChI=1S/C15H19N3O2/c1-11-5-12(2)7-13(6-11)10-18-15(19)8-14(9-17-18)20-4-3-16/h5-9H,3-4,10,16H2,1-2H3. The zero-order chi connectivity index (χ0) is 14.5. The summed E-state index contributed by atoms with van der Waals surface area (Å²) >= 11 is 0. The molecule has 2 aromatic rings. The van der Waals surface area contributed by atoms with Crippen LogP contribution in [-0.2, 0) is 6.54 Å². The van der Waals surface area contributed by atoms with E-state index in [1.54, 1.807) is 6.20 Å². The first-order valence-electron chi connectivity index (χ1n) is 6.55. The monoisotopic (exact) mass is 273 g/mol.